The van der Waals surface area contributed by atoms with Gasteiger partial charge in [0.25, 0.3) is 0 Å². The molecule has 1 aliphatic heterocycles. The van der Waals surface area contributed by atoms with Crippen LogP contribution in [-0.4, -0.2) is 28.4 Å². The van der Waals surface area contributed by atoms with E-state index in [4.69, 9.17) is 0 Å². The smallest absolute Gasteiger partial charge is 0.324 e. The van der Waals surface area contributed by atoms with E-state index in [0.717, 1.165) is 25.7 Å². The van der Waals surface area contributed by atoms with Gasteiger partial charge in [0.05, 0.1) is 5.92 Å². The van der Waals surface area contributed by atoms with Gasteiger partial charge in [0.15, 0.2) is 0 Å². The maximum Gasteiger partial charge on any atom is 0.324 e. The van der Waals surface area contributed by atoms with E-state index in [1.54, 1.807) is 0 Å². The Bertz CT molecular complexity index is 333. The van der Waals surface area contributed by atoms with Crippen molar-refractivity contribution in [2.75, 3.05) is 0 Å². The number of fused-ring (bicyclic) bond motifs is 1. The topological polar surface area (TPSA) is 49.4 Å². The van der Waals surface area contributed by atoms with Crippen LogP contribution >= 0.6 is 0 Å². The number of nitrogens with zero attached hydrogens (tertiary/aromatic N) is 1. The van der Waals surface area contributed by atoms with Gasteiger partial charge in [-0.1, -0.05) is 19.3 Å². The molecule has 1 saturated heterocycles. The van der Waals surface area contributed by atoms with Crippen LogP contribution in [0, 0.1) is 5.92 Å². The van der Waals surface area contributed by atoms with Crippen molar-refractivity contribution >= 4 is 11.9 Å². The molecule has 96 valence electrons. The van der Waals surface area contributed by atoms with Gasteiger partial charge < -0.3 is 5.32 Å². The van der Waals surface area contributed by atoms with Crippen LogP contribution in [0.1, 0.15) is 52.9 Å². The summed E-state index contributed by atoms with van der Waals surface area (Å²) in [6, 6.07) is -0.151. The molecule has 0 bridgehead atoms. The number of carbonyl (C=O) groups is 2. The van der Waals surface area contributed by atoms with E-state index in [1.165, 1.54) is 11.3 Å². The summed E-state index contributed by atoms with van der Waals surface area (Å²) in [5.41, 5.74) is -0.432. The molecular formula is C13H22N2O2. The van der Waals surface area contributed by atoms with Gasteiger partial charge in [-0.25, -0.2) is 4.79 Å². The number of nitrogens with one attached hydrogen (secondary N) is 1. The van der Waals surface area contributed by atoms with Gasteiger partial charge in [0.1, 0.15) is 0 Å². The molecule has 3 amide bonds. The summed E-state index contributed by atoms with van der Waals surface area (Å²) in [7, 11) is 0. The highest BCUT2D eigenvalue weighted by molar-refractivity contribution is 5.99. The third-order valence-electron chi connectivity index (χ3n) is 3.74. The van der Waals surface area contributed by atoms with Crippen molar-refractivity contribution in [3.05, 3.63) is 0 Å². The number of imide groups is 1. The Labute approximate surface area is 103 Å². The third kappa shape index (κ3) is 2.31. The second-order valence-electron chi connectivity index (χ2n) is 6.14. The van der Waals surface area contributed by atoms with Crippen molar-refractivity contribution in [3.8, 4) is 0 Å². The Balaban J connectivity index is 2.24. The van der Waals surface area contributed by atoms with Gasteiger partial charge in [-0.15, -0.1) is 0 Å². The molecule has 0 aromatic carbocycles. The Morgan fingerprint density at radius 2 is 1.76 bits per heavy atom. The predicted molar refractivity (Wildman–Crippen MR) is 65.5 cm³/mol. The maximum atomic E-state index is 12.4. The molecule has 2 fully saturated rings. The van der Waals surface area contributed by atoms with Crippen molar-refractivity contribution in [2.45, 2.75) is 64.5 Å². The Kier molecular flexibility index (Phi) is 3.15. The zero-order chi connectivity index (χ0) is 12.6. The fraction of sp³-hybridized carbons (Fsp3) is 0.846. The Morgan fingerprint density at radius 1 is 1.12 bits per heavy atom. The number of rotatable bonds is 0. The summed E-state index contributed by atoms with van der Waals surface area (Å²) in [6.45, 7) is 5.71. The first kappa shape index (κ1) is 12.4. The molecule has 0 spiro atoms. The second kappa shape index (κ2) is 4.31. The van der Waals surface area contributed by atoms with Gasteiger partial charge in [-0.2, -0.15) is 0 Å². The maximum absolute atomic E-state index is 12.4. The van der Waals surface area contributed by atoms with Gasteiger partial charge >= 0.3 is 6.03 Å². The molecule has 4 nitrogen and oxygen atoms in total. The molecule has 2 aliphatic rings. The number of hydrogen-bond donors (Lipinski definition) is 1. The minimum absolute atomic E-state index is 0.00516. The van der Waals surface area contributed by atoms with Crippen LogP contribution in [0.15, 0.2) is 0 Å². The summed E-state index contributed by atoms with van der Waals surface area (Å²) in [4.78, 5) is 25.8. The highest BCUT2D eigenvalue weighted by Crippen LogP contribution is 2.31. The molecule has 0 aromatic rings. The highest BCUT2D eigenvalue weighted by Gasteiger charge is 2.45. The van der Waals surface area contributed by atoms with E-state index in [1.807, 2.05) is 20.8 Å². The van der Waals surface area contributed by atoms with Crippen molar-refractivity contribution in [3.63, 3.8) is 0 Å². The standard InChI is InChI=1S/C13H22N2O2/c1-13(2,3)15-11(16)9-7-5-4-6-8-10(9)14-12(15)17/h9-10H,4-8H2,1-3H3,(H,14,17). The van der Waals surface area contributed by atoms with Crippen LogP contribution in [0.25, 0.3) is 0 Å². The summed E-state index contributed by atoms with van der Waals surface area (Å²) in [5, 5.41) is 3.01. The highest BCUT2D eigenvalue weighted by atomic mass is 16.2. The van der Waals surface area contributed by atoms with Crippen molar-refractivity contribution in [1.82, 2.24) is 10.2 Å². The predicted octanol–water partition coefficient (Wildman–Crippen LogP) is 2.29. The molecule has 1 saturated carbocycles. The lowest BCUT2D eigenvalue weighted by atomic mass is 9.89. The van der Waals surface area contributed by atoms with Crippen molar-refractivity contribution in [1.29, 1.82) is 0 Å². The van der Waals surface area contributed by atoms with Crippen LogP contribution in [0.2, 0.25) is 0 Å². The quantitative estimate of drug-likeness (QED) is 0.704. The lowest BCUT2D eigenvalue weighted by molar-refractivity contribution is -0.139. The average molecular weight is 238 g/mol. The van der Waals surface area contributed by atoms with Crippen LogP contribution in [0.4, 0.5) is 4.79 Å². The van der Waals surface area contributed by atoms with Gasteiger partial charge in [0.2, 0.25) is 5.91 Å². The molecule has 2 unspecified atom stereocenters. The van der Waals surface area contributed by atoms with Crippen LogP contribution in [-0.2, 0) is 4.79 Å². The Hall–Kier alpha value is -1.06. The molecule has 0 aromatic heterocycles. The lowest BCUT2D eigenvalue weighted by Gasteiger charge is -2.43. The van der Waals surface area contributed by atoms with E-state index < -0.39 is 5.54 Å². The first-order valence-corrected chi connectivity index (χ1v) is 6.56. The molecule has 1 aliphatic carbocycles. The van der Waals surface area contributed by atoms with Gasteiger partial charge in [-0.3, -0.25) is 9.69 Å². The lowest BCUT2D eigenvalue weighted by Crippen LogP contribution is -2.64. The minimum Gasteiger partial charge on any atom is -0.334 e. The normalized spacial score (nSPS) is 30.6. The monoisotopic (exact) mass is 238 g/mol. The molecule has 0 radical (unpaired) electrons. The average Bonchev–Trinajstić information content (AvgIpc) is 2.40. The van der Waals surface area contributed by atoms with E-state index in [0.29, 0.717) is 0 Å². The molecular weight excluding hydrogens is 216 g/mol. The first-order chi connectivity index (χ1) is 7.91. The summed E-state index contributed by atoms with van der Waals surface area (Å²) in [5.74, 6) is 0.0163. The van der Waals surface area contributed by atoms with E-state index >= 15 is 0 Å². The zero-order valence-corrected chi connectivity index (χ0v) is 11.0. The van der Waals surface area contributed by atoms with Gasteiger partial charge in [0, 0.05) is 11.6 Å². The number of carbonyl (C=O) groups excluding carboxylic acids is 2. The third-order valence-corrected chi connectivity index (χ3v) is 3.74. The fourth-order valence-electron chi connectivity index (χ4n) is 2.90. The number of hydrogen-bond acceptors (Lipinski definition) is 2. The second-order valence-corrected chi connectivity index (χ2v) is 6.14. The fourth-order valence-corrected chi connectivity index (χ4v) is 2.90. The number of urea groups is 1. The molecule has 2 atom stereocenters. The van der Waals surface area contributed by atoms with E-state index in [-0.39, 0.29) is 23.9 Å². The summed E-state index contributed by atoms with van der Waals surface area (Å²) < 4.78 is 0. The summed E-state index contributed by atoms with van der Waals surface area (Å²) >= 11 is 0. The molecule has 4 heteroatoms. The Morgan fingerprint density at radius 3 is 2.41 bits per heavy atom. The molecule has 17 heavy (non-hydrogen) atoms. The van der Waals surface area contributed by atoms with Gasteiger partial charge in [-0.05, 0) is 33.6 Å². The first-order valence-electron chi connectivity index (χ1n) is 6.56. The summed E-state index contributed by atoms with van der Waals surface area (Å²) in [6.07, 6.45) is 5.24. The SMILES string of the molecule is CC(C)(C)N1C(=O)NC2CCCCCC2C1=O. The molecule has 1 N–H and O–H groups in total. The molecule has 2 rings (SSSR count). The zero-order valence-electron chi connectivity index (χ0n) is 11.0. The number of amides is 3. The van der Waals surface area contributed by atoms with Crippen LogP contribution < -0.4 is 5.32 Å². The van der Waals surface area contributed by atoms with Crippen LogP contribution in [0.5, 0.6) is 0 Å². The van der Waals surface area contributed by atoms with E-state index in [9.17, 15) is 9.59 Å². The van der Waals surface area contributed by atoms with Crippen molar-refractivity contribution in [2.24, 2.45) is 5.92 Å². The van der Waals surface area contributed by atoms with E-state index in [2.05, 4.69) is 5.32 Å². The van der Waals surface area contributed by atoms with Crippen molar-refractivity contribution < 1.29 is 9.59 Å². The van der Waals surface area contributed by atoms with Crippen LogP contribution in [0.3, 0.4) is 0 Å². The molecule has 1 heterocycles. The largest absolute Gasteiger partial charge is 0.334 e. The minimum atomic E-state index is -0.432.